The molecule has 9 heteroatoms. The molecule has 4 rings (SSSR count). The molecule has 8 nitrogen and oxygen atoms in total. The molecule has 0 aliphatic carbocycles. The van der Waals surface area contributed by atoms with Crippen molar-refractivity contribution >= 4 is 29.5 Å². The lowest BCUT2D eigenvalue weighted by Crippen LogP contribution is -2.56. The van der Waals surface area contributed by atoms with E-state index < -0.39 is 11.8 Å². The van der Waals surface area contributed by atoms with Gasteiger partial charge in [0.2, 0.25) is 11.8 Å². The normalized spacial score (nSPS) is 29.7. The van der Waals surface area contributed by atoms with Gasteiger partial charge in [0.05, 0.1) is 24.3 Å². The van der Waals surface area contributed by atoms with Crippen LogP contribution < -0.4 is 15.4 Å². The van der Waals surface area contributed by atoms with Gasteiger partial charge in [0, 0.05) is 37.3 Å². The van der Waals surface area contributed by atoms with Crippen molar-refractivity contribution in [1.82, 2.24) is 15.5 Å². The molecule has 3 atom stereocenters. The Bertz CT molecular complexity index is 804. The summed E-state index contributed by atoms with van der Waals surface area (Å²) >= 11 is 1.59. The fourth-order valence-electron chi connectivity index (χ4n) is 3.79. The molecule has 0 bridgehead atoms. The number of aliphatic hydroxyl groups is 1. The first-order chi connectivity index (χ1) is 13.5. The van der Waals surface area contributed by atoms with E-state index in [0.29, 0.717) is 42.2 Å². The number of nitrogens with one attached hydrogen (secondary N) is 2. The van der Waals surface area contributed by atoms with Crippen molar-refractivity contribution in [3.63, 3.8) is 0 Å². The minimum atomic E-state index is -0.940. The van der Waals surface area contributed by atoms with Gasteiger partial charge in [0.1, 0.15) is 5.75 Å². The molecule has 3 N–H and O–H groups in total. The van der Waals surface area contributed by atoms with E-state index in [-0.39, 0.29) is 36.7 Å². The molecule has 0 unspecified atom stereocenters. The Morgan fingerprint density at radius 2 is 2.14 bits per heavy atom. The topological polar surface area (TPSA) is 108 Å². The van der Waals surface area contributed by atoms with Crippen LogP contribution in [0.3, 0.4) is 0 Å². The third-order valence-corrected chi connectivity index (χ3v) is 6.56. The van der Waals surface area contributed by atoms with E-state index >= 15 is 0 Å². The second kappa shape index (κ2) is 7.63. The van der Waals surface area contributed by atoms with E-state index in [9.17, 15) is 19.5 Å². The van der Waals surface area contributed by atoms with E-state index in [1.807, 2.05) is 0 Å². The molecule has 0 saturated carbocycles. The minimum Gasteiger partial charge on any atom is -0.467 e. The molecule has 3 aliphatic rings. The van der Waals surface area contributed by atoms with Crippen LogP contribution in [0.5, 0.6) is 5.75 Å². The predicted octanol–water partition coefficient (Wildman–Crippen LogP) is 0.110. The second-order valence-corrected chi connectivity index (χ2v) is 8.47. The number of benzene rings is 1. The number of fused-ring (bicyclic) bond motifs is 1. The Morgan fingerprint density at radius 1 is 1.32 bits per heavy atom. The van der Waals surface area contributed by atoms with Crippen LogP contribution in [0.25, 0.3) is 0 Å². The molecule has 1 aromatic carbocycles. The first-order valence-electron chi connectivity index (χ1n) is 9.39. The van der Waals surface area contributed by atoms with Gasteiger partial charge < -0.3 is 25.4 Å². The Balaban J connectivity index is 1.40. The fraction of sp³-hybridized carbons (Fsp3) is 0.526. The van der Waals surface area contributed by atoms with Crippen molar-refractivity contribution in [2.45, 2.75) is 37.1 Å². The molecule has 0 aromatic heterocycles. The van der Waals surface area contributed by atoms with E-state index in [4.69, 9.17) is 4.74 Å². The molecule has 3 aliphatic heterocycles. The van der Waals surface area contributed by atoms with Gasteiger partial charge in [0.25, 0.3) is 5.91 Å². The monoisotopic (exact) mass is 405 g/mol. The Morgan fingerprint density at radius 3 is 2.93 bits per heavy atom. The number of hydrogen-bond acceptors (Lipinski definition) is 6. The lowest BCUT2D eigenvalue weighted by molar-refractivity contribution is -0.136. The van der Waals surface area contributed by atoms with Crippen LogP contribution in [0.15, 0.2) is 24.3 Å². The lowest BCUT2D eigenvalue weighted by Gasteiger charge is -2.38. The molecular formula is C19H23N3O5S. The van der Waals surface area contributed by atoms with Crippen LogP contribution in [-0.4, -0.2) is 70.2 Å². The summed E-state index contributed by atoms with van der Waals surface area (Å²) in [5, 5.41) is 15.6. The van der Waals surface area contributed by atoms with Crippen molar-refractivity contribution in [2.75, 3.05) is 24.6 Å². The summed E-state index contributed by atoms with van der Waals surface area (Å²) < 4.78 is 6.09. The van der Waals surface area contributed by atoms with Gasteiger partial charge in [0.15, 0.2) is 5.72 Å². The predicted molar refractivity (Wildman–Crippen MR) is 103 cm³/mol. The van der Waals surface area contributed by atoms with Crippen LogP contribution in [0.4, 0.5) is 0 Å². The second-order valence-electron chi connectivity index (χ2n) is 7.39. The Hall–Kier alpha value is -2.26. The van der Waals surface area contributed by atoms with Crippen LogP contribution in [0.1, 0.15) is 29.6 Å². The number of ether oxygens (including phenoxy) is 1. The van der Waals surface area contributed by atoms with Gasteiger partial charge in [-0.2, -0.15) is 11.8 Å². The number of carbonyl (C=O) groups excluding carboxylic acids is 3. The average molecular weight is 405 g/mol. The van der Waals surface area contributed by atoms with E-state index in [1.165, 1.54) is 4.90 Å². The van der Waals surface area contributed by atoms with E-state index in [1.54, 1.807) is 36.0 Å². The van der Waals surface area contributed by atoms with Gasteiger partial charge in [-0.1, -0.05) is 12.1 Å². The number of para-hydroxylation sites is 1. The van der Waals surface area contributed by atoms with Gasteiger partial charge in [-0.25, -0.2) is 0 Å². The molecule has 1 spiro atoms. The first kappa shape index (κ1) is 19.1. The summed E-state index contributed by atoms with van der Waals surface area (Å²) in [6.45, 7) is 0.240. The maximum atomic E-state index is 12.5. The van der Waals surface area contributed by atoms with Crippen LogP contribution in [-0.2, 0) is 9.59 Å². The third-order valence-electron chi connectivity index (χ3n) is 5.39. The molecular weight excluding hydrogens is 382 g/mol. The average Bonchev–Trinajstić information content (AvgIpc) is 3.01. The Labute approximate surface area is 167 Å². The van der Waals surface area contributed by atoms with Gasteiger partial charge >= 0.3 is 0 Å². The van der Waals surface area contributed by atoms with Gasteiger partial charge in [-0.3, -0.25) is 14.4 Å². The minimum absolute atomic E-state index is 0.0622. The fourth-order valence-corrected chi connectivity index (χ4v) is 4.96. The van der Waals surface area contributed by atoms with Crippen LogP contribution in [0.2, 0.25) is 0 Å². The van der Waals surface area contributed by atoms with E-state index in [2.05, 4.69) is 10.6 Å². The number of aliphatic hydroxyl groups excluding tert-OH is 1. The molecule has 2 saturated heterocycles. The zero-order valence-corrected chi connectivity index (χ0v) is 16.2. The van der Waals surface area contributed by atoms with Crippen molar-refractivity contribution < 1.29 is 24.2 Å². The highest BCUT2D eigenvalue weighted by atomic mass is 32.2. The smallest absolute Gasteiger partial charge is 0.258 e. The summed E-state index contributed by atoms with van der Waals surface area (Å²) in [5.41, 5.74) is -0.460. The molecule has 2 fully saturated rings. The number of amides is 3. The van der Waals surface area contributed by atoms with Crippen molar-refractivity contribution in [3.8, 4) is 5.75 Å². The highest BCUT2D eigenvalue weighted by Gasteiger charge is 2.42. The zero-order chi connectivity index (χ0) is 19.7. The molecule has 150 valence electrons. The molecule has 0 radical (unpaired) electrons. The van der Waals surface area contributed by atoms with Crippen molar-refractivity contribution in [2.24, 2.45) is 0 Å². The number of thioether (sulfide) groups is 1. The van der Waals surface area contributed by atoms with E-state index in [0.717, 1.165) is 0 Å². The molecule has 3 amide bonds. The summed E-state index contributed by atoms with van der Waals surface area (Å²) in [6.07, 6.45) is 0.371. The first-order valence-corrected chi connectivity index (χ1v) is 10.5. The summed E-state index contributed by atoms with van der Waals surface area (Å²) in [4.78, 5) is 38.8. The van der Waals surface area contributed by atoms with Crippen LogP contribution >= 0.6 is 11.8 Å². The Kier molecular flexibility index (Phi) is 5.20. The highest BCUT2D eigenvalue weighted by Crippen LogP contribution is 2.33. The maximum absolute atomic E-state index is 12.5. The summed E-state index contributed by atoms with van der Waals surface area (Å²) in [5.74, 6) is 1.14. The number of carbonyl (C=O) groups is 3. The van der Waals surface area contributed by atoms with Gasteiger partial charge in [-0.05, 0) is 12.1 Å². The lowest BCUT2D eigenvalue weighted by atomic mass is 10.0. The van der Waals surface area contributed by atoms with Crippen molar-refractivity contribution in [1.29, 1.82) is 0 Å². The van der Waals surface area contributed by atoms with Gasteiger partial charge in [-0.15, -0.1) is 0 Å². The zero-order valence-electron chi connectivity index (χ0n) is 15.3. The standard InChI is InChI=1S/C19H23N3O5S/c23-14-11-28-10-13(14)20-16(24)9-22-8-7-19(6-5-17(22)25)21-18(26)12-3-1-2-4-15(12)27-19/h1-4,13-14,23H,5-11H2,(H,20,24)(H,21,26)/t13-,14-,19-/m1/s1. The van der Waals surface area contributed by atoms with Crippen LogP contribution in [0, 0.1) is 0 Å². The quantitative estimate of drug-likeness (QED) is 0.659. The molecule has 1 aromatic rings. The number of rotatable bonds is 3. The van der Waals surface area contributed by atoms with Crippen molar-refractivity contribution in [3.05, 3.63) is 29.8 Å². The third kappa shape index (κ3) is 3.81. The molecule has 3 heterocycles. The largest absolute Gasteiger partial charge is 0.467 e. The maximum Gasteiger partial charge on any atom is 0.258 e. The number of likely N-dealkylation sites (tertiary alicyclic amines) is 1. The number of nitrogens with zero attached hydrogens (tertiary/aromatic N) is 1. The SMILES string of the molecule is O=C(CN1CC[C@]2(CCC1=O)NC(=O)c1ccccc1O2)N[C@@H]1CSC[C@H]1O. The summed E-state index contributed by atoms with van der Waals surface area (Å²) in [6, 6.07) is 6.75. The summed E-state index contributed by atoms with van der Waals surface area (Å²) in [7, 11) is 0. The molecule has 28 heavy (non-hydrogen) atoms. The number of hydrogen-bond donors (Lipinski definition) is 3. The highest BCUT2D eigenvalue weighted by molar-refractivity contribution is 7.99.